The van der Waals surface area contributed by atoms with E-state index in [9.17, 15) is 4.79 Å². The zero-order chi connectivity index (χ0) is 22.0. The first kappa shape index (κ1) is 19.7. The summed E-state index contributed by atoms with van der Waals surface area (Å²) in [5.41, 5.74) is 6.03. The summed E-state index contributed by atoms with van der Waals surface area (Å²) in [4.78, 5) is 17.8. The number of carbonyl (C=O) groups is 1. The molecule has 5 rings (SSSR count). The molecule has 2 aromatic rings. The number of azo groups is 1. The van der Waals surface area contributed by atoms with E-state index in [1.54, 1.807) is 6.33 Å². The number of nitrogens with zero attached hydrogens (tertiary/aromatic N) is 4. The number of imidazole rings is 1. The molecule has 2 N–H and O–H groups in total. The Balaban J connectivity index is 1.78. The van der Waals surface area contributed by atoms with Gasteiger partial charge in [-0.15, -0.1) is 0 Å². The van der Waals surface area contributed by atoms with Gasteiger partial charge >= 0.3 is 0 Å². The van der Waals surface area contributed by atoms with Crippen LogP contribution in [0.25, 0.3) is 11.3 Å². The fourth-order valence-electron chi connectivity index (χ4n) is 5.50. The van der Waals surface area contributed by atoms with Crippen LogP contribution in [0.2, 0.25) is 0 Å². The van der Waals surface area contributed by atoms with E-state index in [-0.39, 0.29) is 17.6 Å². The molecule has 2 atom stereocenters. The highest BCUT2D eigenvalue weighted by Crippen LogP contribution is 2.52. The van der Waals surface area contributed by atoms with Gasteiger partial charge in [0.25, 0.3) is 5.91 Å². The van der Waals surface area contributed by atoms with Gasteiger partial charge in [-0.3, -0.25) is 4.79 Å². The standard InChI is InChI=1S/C24H28N6O/c1-6-24(16-9-7-8-15(10-16)18-12-25-13-30(18)5)19-14(2)28-29-21(19)26-17-11-23(3,4)27-22(31)20(17)24/h7-10,12-13,21,26H,6,11H2,1-5H3,(H,27,31). The van der Waals surface area contributed by atoms with Gasteiger partial charge in [-0.2, -0.15) is 10.2 Å². The van der Waals surface area contributed by atoms with Crippen LogP contribution < -0.4 is 10.6 Å². The van der Waals surface area contributed by atoms with Crippen LogP contribution in [0.5, 0.6) is 0 Å². The Labute approximate surface area is 182 Å². The molecule has 0 radical (unpaired) electrons. The minimum absolute atomic E-state index is 0.0165. The summed E-state index contributed by atoms with van der Waals surface area (Å²) in [5.74, 6) is -0.0165. The largest absolute Gasteiger partial charge is 0.362 e. The second-order valence-electron chi connectivity index (χ2n) is 9.36. The van der Waals surface area contributed by atoms with Gasteiger partial charge in [0.1, 0.15) is 0 Å². The smallest absolute Gasteiger partial charge is 0.250 e. The summed E-state index contributed by atoms with van der Waals surface area (Å²) in [6.45, 7) is 8.25. The van der Waals surface area contributed by atoms with E-state index in [0.29, 0.717) is 0 Å². The van der Waals surface area contributed by atoms with Crippen LogP contribution in [0, 0.1) is 0 Å². The predicted molar refractivity (Wildman–Crippen MR) is 119 cm³/mol. The van der Waals surface area contributed by atoms with Crippen molar-refractivity contribution in [3.8, 4) is 11.3 Å². The molecule has 0 spiro atoms. The van der Waals surface area contributed by atoms with Crippen LogP contribution in [-0.4, -0.2) is 27.2 Å². The Hall–Kier alpha value is -3.22. The van der Waals surface area contributed by atoms with Crippen LogP contribution in [0.1, 0.15) is 46.1 Å². The Morgan fingerprint density at radius 2 is 2.10 bits per heavy atom. The average Bonchev–Trinajstić information content (AvgIpc) is 3.31. The second kappa shape index (κ2) is 6.64. The molecule has 31 heavy (non-hydrogen) atoms. The predicted octanol–water partition coefficient (Wildman–Crippen LogP) is 3.96. The summed E-state index contributed by atoms with van der Waals surface area (Å²) < 4.78 is 2.01. The highest BCUT2D eigenvalue weighted by atomic mass is 16.2. The van der Waals surface area contributed by atoms with E-state index in [2.05, 4.69) is 70.9 Å². The lowest BCUT2D eigenvalue weighted by molar-refractivity contribution is -0.120. The van der Waals surface area contributed by atoms with E-state index in [4.69, 9.17) is 0 Å². The molecule has 0 saturated heterocycles. The highest BCUT2D eigenvalue weighted by Gasteiger charge is 2.54. The number of rotatable bonds is 3. The summed E-state index contributed by atoms with van der Waals surface area (Å²) in [6, 6.07) is 8.48. The number of benzene rings is 1. The Morgan fingerprint density at radius 1 is 1.29 bits per heavy atom. The fraction of sp³-hybridized carbons (Fsp3) is 0.417. The van der Waals surface area contributed by atoms with Crippen molar-refractivity contribution >= 4 is 5.91 Å². The number of aryl methyl sites for hydroxylation is 1. The zero-order valence-corrected chi connectivity index (χ0v) is 18.7. The van der Waals surface area contributed by atoms with Crippen molar-refractivity contribution in [2.24, 2.45) is 17.3 Å². The summed E-state index contributed by atoms with van der Waals surface area (Å²) >= 11 is 0. The molecule has 1 aromatic carbocycles. The maximum Gasteiger partial charge on any atom is 0.250 e. The Bertz CT molecular complexity index is 1180. The number of hydrogen-bond donors (Lipinski definition) is 2. The summed E-state index contributed by atoms with van der Waals surface area (Å²) in [6.07, 6.45) is 4.91. The first-order valence-corrected chi connectivity index (χ1v) is 10.8. The molecule has 0 fully saturated rings. The topological polar surface area (TPSA) is 83.7 Å². The minimum atomic E-state index is -0.589. The molecule has 1 aromatic heterocycles. The lowest BCUT2D eigenvalue weighted by Crippen LogP contribution is -2.58. The van der Waals surface area contributed by atoms with E-state index >= 15 is 0 Å². The molecule has 7 heteroatoms. The molecule has 7 nitrogen and oxygen atoms in total. The third-order valence-electron chi connectivity index (χ3n) is 6.78. The van der Waals surface area contributed by atoms with Gasteiger partial charge in [-0.25, -0.2) is 4.98 Å². The van der Waals surface area contributed by atoms with Crippen molar-refractivity contribution in [3.63, 3.8) is 0 Å². The molecule has 3 aliphatic heterocycles. The molecule has 1 amide bonds. The van der Waals surface area contributed by atoms with Crippen LogP contribution in [0.3, 0.4) is 0 Å². The fourth-order valence-corrected chi connectivity index (χ4v) is 5.50. The molecule has 160 valence electrons. The SMILES string of the molecule is CCC1(c2cccc(-c3cncn3C)c2)C2=C(CC(C)(C)NC2=O)NC2N=NC(C)=C21. The lowest BCUT2D eigenvalue weighted by atomic mass is 9.61. The minimum Gasteiger partial charge on any atom is -0.362 e. The number of amides is 1. The highest BCUT2D eigenvalue weighted by molar-refractivity contribution is 6.00. The maximum absolute atomic E-state index is 13.5. The molecule has 0 bridgehead atoms. The van der Waals surface area contributed by atoms with Crippen LogP contribution in [0.4, 0.5) is 0 Å². The lowest BCUT2D eigenvalue weighted by Gasteiger charge is -2.48. The molecule has 2 unspecified atom stereocenters. The molecule has 3 aliphatic rings. The molecular weight excluding hydrogens is 388 g/mol. The second-order valence-corrected chi connectivity index (χ2v) is 9.36. The Kier molecular flexibility index (Phi) is 4.22. The van der Waals surface area contributed by atoms with Crippen molar-refractivity contribution in [1.82, 2.24) is 20.2 Å². The summed E-state index contributed by atoms with van der Waals surface area (Å²) in [7, 11) is 1.99. The van der Waals surface area contributed by atoms with Crippen molar-refractivity contribution in [2.75, 3.05) is 0 Å². The van der Waals surface area contributed by atoms with Gasteiger partial charge in [-0.05, 0) is 38.8 Å². The van der Waals surface area contributed by atoms with Crippen molar-refractivity contribution < 1.29 is 4.79 Å². The number of hydrogen-bond acceptors (Lipinski definition) is 5. The van der Waals surface area contributed by atoms with Crippen molar-refractivity contribution in [2.45, 2.75) is 57.7 Å². The third kappa shape index (κ3) is 2.79. The van der Waals surface area contributed by atoms with Gasteiger partial charge in [0.15, 0.2) is 6.17 Å². The number of aromatic nitrogens is 2. The van der Waals surface area contributed by atoms with Gasteiger partial charge < -0.3 is 15.2 Å². The molecule has 0 aliphatic carbocycles. The first-order chi connectivity index (χ1) is 14.8. The molecular formula is C24H28N6O. The van der Waals surface area contributed by atoms with E-state index in [0.717, 1.165) is 52.2 Å². The van der Waals surface area contributed by atoms with Crippen LogP contribution in [-0.2, 0) is 17.3 Å². The van der Waals surface area contributed by atoms with E-state index in [1.165, 1.54) is 0 Å². The van der Waals surface area contributed by atoms with Crippen LogP contribution in [0.15, 0.2) is 69.6 Å². The van der Waals surface area contributed by atoms with Crippen molar-refractivity contribution in [1.29, 1.82) is 0 Å². The zero-order valence-electron chi connectivity index (χ0n) is 18.7. The molecule has 0 saturated carbocycles. The summed E-state index contributed by atoms with van der Waals surface area (Å²) in [5, 5.41) is 15.7. The third-order valence-corrected chi connectivity index (χ3v) is 6.78. The number of allylic oxidation sites excluding steroid dienone is 1. The Morgan fingerprint density at radius 3 is 2.81 bits per heavy atom. The van der Waals surface area contributed by atoms with Gasteiger partial charge in [0.05, 0.1) is 34.9 Å². The van der Waals surface area contributed by atoms with E-state index in [1.807, 2.05) is 24.7 Å². The van der Waals surface area contributed by atoms with Crippen molar-refractivity contribution in [3.05, 3.63) is 64.9 Å². The van der Waals surface area contributed by atoms with Gasteiger partial charge in [-0.1, -0.05) is 25.1 Å². The quantitative estimate of drug-likeness (QED) is 0.794. The van der Waals surface area contributed by atoms with Crippen LogP contribution >= 0.6 is 0 Å². The van der Waals surface area contributed by atoms with Gasteiger partial charge in [0.2, 0.25) is 0 Å². The number of carbonyl (C=O) groups excluding carboxylic acids is 1. The number of fused-ring (bicyclic) bond motifs is 1. The van der Waals surface area contributed by atoms with Gasteiger partial charge in [0, 0.05) is 35.8 Å². The first-order valence-electron chi connectivity index (χ1n) is 10.8. The number of nitrogens with one attached hydrogen (secondary N) is 2. The maximum atomic E-state index is 13.5. The average molecular weight is 417 g/mol. The molecule has 4 heterocycles. The van der Waals surface area contributed by atoms with E-state index < -0.39 is 5.41 Å². The monoisotopic (exact) mass is 416 g/mol. The normalized spacial score (nSPS) is 26.5.